The number of ether oxygens (including phenoxy) is 2. The van der Waals surface area contributed by atoms with Crippen LogP contribution >= 0.6 is 11.8 Å². The molecule has 0 unspecified atom stereocenters. The van der Waals surface area contributed by atoms with Crippen LogP contribution in [-0.2, 0) is 6.61 Å². The summed E-state index contributed by atoms with van der Waals surface area (Å²) in [6.07, 6.45) is 0. The molecule has 0 bridgehead atoms. The van der Waals surface area contributed by atoms with Gasteiger partial charge in [0.25, 0.3) is 0 Å². The number of hydrogen-bond donors (Lipinski definition) is 0. The first-order valence-corrected chi connectivity index (χ1v) is 11.9. The van der Waals surface area contributed by atoms with E-state index in [0.717, 1.165) is 33.9 Å². The molecule has 0 saturated carbocycles. The standard InChI is InChI=1S/C27H27N3O3S/c1-18-14-20(3)24(15-19(18)2)25(31)17-34-27-29-28-26(16-33-23-8-6-5-7-9-23)30(27)21-10-12-22(32-4)13-11-21/h5-15H,16-17H2,1-4H3. The fourth-order valence-electron chi connectivity index (χ4n) is 3.61. The van der Waals surface area contributed by atoms with Crippen molar-refractivity contribution < 1.29 is 14.3 Å². The van der Waals surface area contributed by atoms with Gasteiger partial charge in [0, 0.05) is 11.3 Å². The van der Waals surface area contributed by atoms with E-state index in [1.807, 2.05) is 79.1 Å². The number of aromatic nitrogens is 3. The van der Waals surface area contributed by atoms with Gasteiger partial charge in [-0.05, 0) is 79.9 Å². The lowest BCUT2D eigenvalue weighted by Crippen LogP contribution is -2.09. The molecule has 6 nitrogen and oxygen atoms in total. The van der Waals surface area contributed by atoms with Gasteiger partial charge in [-0.3, -0.25) is 9.36 Å². The molecule has 0 spiro atoms. The largest absolute Gasteiger partial charge is 0.497 e. The van der Waals surface area contributed by atoms with Crippen molar-refractivity contribution in [3.05, 3.63) is 94.8 Å². The zero-order valence-corrected chi connectivity index (χ0v) is 20.6. The van der Waals surface area contributed by atoms with E-state index in [0.29, 0.717) is 11.0 Å². The molecular weight excluding hydrogens is 446 g/mol. The summed E-state index contributed by atoms with van der Waals surface area (Å²) < 4.78 is 13.1. The monoisotopic (exact) mass is 473 g/mol. The molecule has 0 radical (unpaired) electrons. The summed E-state index contributed by atoms with van der Waals surface area (Å²) in [5.74, 6) is 2.48. The summed E-state index contributed by atoms with van der Waals surface area (Å²) >= 11 is 1.37. The quantitative estimate of drug-likeness (QED) is 0.228. The average molecular weight is 474 g/mol. The number of aryl methyl sites for hydroxylation is 3. The summed E-state index contributed by atoms with van der Waals surface area (Å²) in [6, 6.07) is 21.3. The molecule has 0 aliphatic rings. The lowest BCUT2D eigenvalue weighted by Gasteiger charge is -2.12. The van der Waals surface area contributed by atoms with Crippen LogP contribution in [0, 0.1) is 20.8 Å². The Labute approximate surface area is 203 Å². The first-order valence-electron chi connectivity index (χ1n) is 11.0. The average Bonchev–Trinajstić information content (AvgIpc) is 3.27. The van der Waals surface area contributed by atoms with Gasteiger partial charge in [0.05, 0.1) is 12.9 Å². The highest BCUT2D eigenvalue weighted by atomic mass is 32.2. The molecule has 0 aliphatic heterocycles. The van der Waals surface area contributed by atoms with E-state index in [-0.39, 0.29) is 18.1 Å². The van der Waals surface area contributed by atoms with Crippen molar-refractivity contribution in [3.8, 4) is 17.2 Å². The summed E-state index contributed by atoms with van der Waals surface area (Å²) in [4.78, 5) is 13.0. The Balaban J connectivity index is 1.59. The predicted octanol–water partition coefficient (Wildman–Crippen LogP) is 5.76. The molecule has 4 rings (SSSR count). The van der Waals surface area contributed by atoms with Crippen molar-refractivity contribution >= 4 is 17.5 Å². The highest BCUT2D eigenvalue weighted by Gasteiger charge is 2.18. The third-order valence-corrected chi connectivity index (χ3v) is 6.54. The van der Waals surface area contributed by atoms with Gasteiger partial charge in [-0.2, -0.15) is 0 Å². The Bertz CT molecular complexity index is 1280. The third kappa shape index (κ3) is 5.31. The number of nitrogens with zero attached hydrogens (tertiary/aromatic N) is 3. The van der Waals surface area contributed by atoms with Crippen LogP contribution in [0.3, 0.4) is 0 Å². The number of benzene rings is 3. The Hall–Kier alpha value is -3.58. The van der Waals surface area contributed by atoms with Gasteiger partial charge in [0.15, 0.2) is 16.8 Å². The Morgan fingerprint density at radius 3 is 2.29 bits per heavy atom. The Morgan fingerprint density at radius 1 is 0.882 bits per heavy atom. The summed E-state index contributed by atoms with van der Waals surface area (Å²) in [6.45, 7) is 6.30. The Kier molecular flexibility index (Phi) is 7.33. The molecule has 0 amide bonds. The number of methoxy groups -OCH3 is 1. The van der Waals surface area contributed by atoms with Gasteiger partial charge in [0.1, 0.15) is 18.1 Å². The van der Waals surface area contributed by atoms with E-state index in [2.05, 4.69) is 23.2 Å². The number of carbonyl (C=O) groups is 1. The topological polar surface area (TPSA) is 66.2 Å². The maximum Gasteiger partial charge on any atom is 0.196 e. The van der Waals surface area contributed by atoms with Crippen molar-refractivity contribution in [2.75, 3.05) is 12.9 Å². The van der Waals surface area contributed by atoms with Crippen molar-refractivity contribution in [2.24, 2.45) is 0 Å². The van der Waals surface area contributed by atoms with E-state index in [9.17, 15) is 4.79 Å². The van der Waals surface area contributed by atoms with Crippen LogP contribution in [0.2, 0.25) is 0 Å². The molecular formula is C27H27N3O3S. The van der Waals surface area contributed by atoms with Crippen LogP contribution in [-0.4, -0.2) is 33.4 Å². The molecule has 0 atom stereocenters. The SMILES string of the molecule is COc1ccc(-n2c(COc3ccccc3)nnc2SCC(=O)c2cc(C)c(C)cc2C)cc1. The van der Waals surface area contributed by atoms with Gasteiger partial charge in [-0.1, -0.05) is 36.0 Å². The van der Waals surface area contributed by atoms with Crippen LogP contribution in [0.15, 0.2) is 71.9 Å². The number of ketones is 1. The van der Waals surface area contributed by atoms with Crippen molar-refractivity contribution in [3.63, 3.8) is 0 Å². The van der Waals surface area contributed by atoms with Crippen LogP contribution < -0.4 is 9.47 Å². The summed E-state index contributed by atoms with van der Waals surface area (Å²) in [5, 5.41) is 9.38. The molecule has 34 heavy (non-hydrogen) atoms. The first-order chi connectivity index (χ1) is 16.5. The van der Waals surface area contributed by atoms with Gasteiger partial charge in [-0.25, -0.2) is 0 Å². The van der Waals surface area contributed by atoms with Gasteiger partial charge >= 0.3 is 0 Å². The van der Waals surface area contributed by atoms with Crippen molar-refractivity contribution in [1.82, 2.24) is 14.8 Å². The second kappa shape index (κ2) is 10.6. The zero-order valence-electron chi connectivity index (χ0n) is 19.7. The normalized spacial score (nSPS) is 10.8. The lowest BCUT2D eigenvalue weighted by atomic mass is 9.99. The molecule has 7 heteroatoms. The van der Waals surface area contributed by atoms with Crippen LogP contribution in [0.5, 0.6) is 11.5 Å². The molecule has 1 heterocycles. The lowest BCUT2D eigenvalue weighted by molar-refractivity contribution is 0.102. The molecule has 4 aromatic rings. The minimum absolute atomic E-state index is 0.0666. The second-order valence-corrected chi connectivity index (χ2v) is 8.94. The highest BCUT2D eigenvalue weighted by Crippen LogP contribution is 2.26. The fraction of sp³-hybridized carbons (Fsp3) is 0.222. The van der Waals surface area contributed by atoms with Crippen LogP contribution in [0.25, 0.3) is 5.69 Å². The number of carbonyl (C=O) groups excluding carboxylic acids is 1. The molecule has 3 aromatic carbocycles. The first kappa shape index (κ1) is 23.6. The van der Waals surface area contributed by atoms with Crippen LogP contribution in [0.4, 0.5) is 0 Å². The number of hydrogen-bond acceptors (Lipinski definition) is 6. The predicted molar refractivity (Wildman–Crippen MR) is 134 cm³/mol. The van der Waals surface area contributed by atoms with E-state index in [1.165, 1.54) is 17.3 Å². The minimum Gasteiger partial charge on any atom is -0.497 e. The van der Waals surface area contributed by atoms with Gasteiger partial charge < -0.3 is 9.47 Å². The molecule has 0 N–H and O–H groups in total. The maximum atomic E-state index is 13.0. The van der Waals surface area contributed by atoms with Crippen molar-refractivity contribution in [1.29, 1.82) is 0 Å². The van der Waals surface area contributed by atoms with Crippen LogP contribution in [0.1, 0.15) is 32.9 Å². The maximum absolute atomic E-state index is 13.0. The highest BCUT2D eigenvalue weighted by molar-refractivity contribution is 7.99. The number of rotatable bonds is 9. The fourth-order valence-corrected chi connectivity index (χ4v) is 4.47. The molecule has 0 aliphatic carbocycles. The number of Topliss-reactive ketones (excluding diaryl/α,β-unsaturated/α-hetero) is 1. The van der Waals surface area contributed by atoms with E-state index in [1.54, 1.807) is 7.11 Å². The number of para-hydroxylation sites is 1. The number of thioether (sulfide) groups is 1. The summed E-state index contributed by atoms with van der Waals surface area (Å²) in [7, 11) is 1.63. The van der Waals surface area contributed by atoms with Gasteiger partial charge in [0.2, 0.25) is 0 Å². The van der Waals surface area contributed by atoms with Gasteiger partial charge in [-0.15, -0.1) is 10.2 Å². The summed E-state index contributed by atoms with van der Waals surface area (Å²) in [5.41, 5.74) is 4.90. The third-order valence-electron chi connectivity index (χ3n) is 5.62. The van der Waals surface area contributed by atoms with E-state index >= 15 is 0 Å². The van der Waals surface area contributed by atoms with Crippen molar-refractivity contribution in [2.45, 2.75) is 32.5 Å². The minimum atomic E-state index is 0.0666. The molecule has 0 fully saturated rings. The van der Waals surface area contributed by atoms with E-state index in [4.69, 9.17) is 9.47 Å². The Morgan fingerprint density at radius 2 is 1.59 bits per heavy atom. The molecule has 1 aromatic heterocycles. The smallest absolute Gasteiger partial charge is 0.196 e. The second-order valence-electron chi connectivity index (χ2n) is 8.00. The molecule has 0 saturated heterocycles. The molecule has 174 valence electrons. The van der Waals surface area contributed by atoms with E-state index < -0.39 is 0 Å². The zero-order chi connectivity index (χ0) is 24.1.